The standard InChI is InChI=1S/C15H22N2O2S/c1-15-6-5-13(18)17(15)12(9-20-15)14(19)16-7-10-3-2-4-11(10)8-16/h10-12H,2-9H2,1H3. The highest BCUT2D eigenvalue weighted by molar-refractivity contribution is 8.01. The van der Waals surface area contributed by atoms with Crippen molar-refractivity contribution in [3.63, 3.8) is 0 Å². The maximum atomic E-state index is 12.8. The third-order valence-corrected chi connectivity index (χ3v) is 7.27. The molecule has 0 aromatic carbocycles. The lowest BCUT2D eigenvalue weighted by molar-refractivity contribution is -0.143. The van der Waals surface area contributed by atoms with E-state index < -0.39 is 0 Å². The second-order valence-electron chi connectivity index (χ2n) is 6.96. The van der Waals surface area contributed by atoms with E-state index in [9.17, 15) is 9.59 Å². The van der Waals surface area contributed by atoms with Crippen LogP contribution >= 0.6 is 11.8 Å². The Labute approximate surface area is 124 Å². The van der Waals surface area contributed by atoms with Crippen molar-refractivity contribution in [2.24, 2.45) is 11.8 Å². The maximum absolute atomic E-state index is 12.8. The maximum Gasteiger partial charge on any atom is 0.246 e. The van der Waals surface area contributed by atoms with E-state index in [1.807, 2.05) is 4.90 Å². The van der Waals surface area contributed by atoms with Gasteiger partial charge < -0.3 is 9.80 Å². The molecule has 3 aliphatic heterocycles. The van der Waals surface area contributed by atoms with Gasteiger partial charge in [-0.05, 0) is 38.0 Å². The number of fused-ring (bicyclic) bond motifs is 2. The Kier molecular flexibility index (Phi) is 2.85. The van der Waals surface area contributed by atoms with Crippen molar-refractivity contribution in [3.05, 3.63) is 0 Å². The van der Waals surface area contributed by atoms with Gasteiger partial charge in [0, 0.05) is 25.3 Å². The molecule has 0 N–H and O–H groups in total. The molecule has 4 fully saturated rings. The molecular weight excluding hydrogens is 272 g/mol. The van der Waals surface area contributed by atoms with Crippen molar-refractivity contribution < 1.29 is 9.59 Å². The summed E-state index contributed by atoms with van der Waals surface area (Å²) < 4.78 is 0. The number of carbonyl (C=O) groups is 2. The molecule has 4 rings (SSSR count). The number of nitrogens with zero attached hydrogens (tertiary/aromatic N) is 2. The first kappa shape index (κ1) is 13.0. The molecule has 0 aromatic rings. The molecule has 1 aliphatic carbocycles. The van der Waals surface area contributed by atoms with Gasteiger partial charge in [-0.1, -0.05) is 6.42 Å². The highest BCUT2D eigenvalue weighted by Crippen LogP contribution is 2.48. The summed E-state index contributed by atoms with van der Waals surface area (Å²) in [6, 6.07) is -0.196. The summed E-state index contributed by atoms with van der Waals surface area (Å²) in [5.74, 6) is 2.64. The Bertz CT molecular complexity index is 457. The first-order chi connectivity index (χ1) is 9.58. The predicted molar refractivity (Wildman–Crippen MR) is 78.1 cm³/mol. The van der Waals surface area contributed by atoms with Gasteiger partial charge in [-0.2, -0.15) is 0 Å². The fraction of sp³-hybridized carbons (Fsp3) is 0.867. The minimum atomic E-state index is -0.196. The largest absolute Gasteiger partial charge is 0.340 e. The molecule has 0 radical (unpaired) electrons. The normalized spacial score (nSPS) is 43.2. The first-order valence-electron chi connectivity index (χ1n) is 7.83. The highest BCUT2D eigenvalue weighted by atomic mass is 32.2. The molecule has 0 spiro atoms. The lowest BCUT2D eigenvalue weighted by atomic mass is 10.0. The predicted octanol–water partition coefficient (Wildman–Crippen LogP) is 1.70. The van der Waals surface area contributed by atoms with Crippen LogP contribution in [0.1, 0.15) is 39.0 Å². The van der Waals surface area contributed by atoms with E-state index in [1.54, 1.807) is 11.8 Å². The van der Waals surface area contributed by atoms with E-state index in [4.69, 9.17) is 0 Å². The van der Waals surface area contributed by atoms with E-state index in [0.29, 0.717) is 6.42 Å². The van der Waals surface area contributed by atoms with Gasteiger partial charge >= 0.3 is 0 Å². The van der Waals surface area contributed by atoms with Crippen LogP contribution < -0.4 is 0 Å². The van der Waals surface area contributed by atoms with Gasteiger partial charge in [0.1, 0.15) is 6.04 Å². The number of thioether (sulfide) groups is 1. The molecule has 1 saturated carbocycles. The van der Waals surface area contributed by atoms with Crippen LogP contribution in [0.2, 0.25) is 0 Å². The Morgan fingerprint density at radius 3 is 2.70 bits per heavy atom. The second-order valence-corrected chi connectivity index (χ2v) is 8.46. The van der Waals surface area contributed by atoms with Gasteiger partial charge in [-0.3, -0.25) is 9.59 Å². The summed E-state index contributed by atoms with van der Waals surface area (Å²) in [6.45, 7) is 3.99. The number of amides is 2. The Morgan fingerprint density at radius 2 is 2.00 bits per heavy atom. The van der Waals surface area contributed by atoms with Crippen molar-refractivity contribution in [1.29, 1.82) is 0 Å². The van der Waals surface area contributed by atoms with Gasteiger partial charge in [-0.25, -0.2) is 0 Å². The van der Waals surface area contributed by atoms with E-state index in [1.165, 1.54) is 19.3 Å². The van der Waals surface area contributed by atoms with Crippen LogP contribution in [-0.2, 0) is 9.59 Å². The minimum absolute atomic E-state index is 0.118. The zero-order valence-corrected chi connectivity index (χ0v) is 12.8. The second kappa shape index (κ2) is 4.39. The summed E-state index contributed by atoms with van der Waals surface area (Å²) in [7, 11) is 0. The molecule has 4 unspecified atom stereocenters. The number of carbonyl (C=O) groups excluding carboxylic acids is 2. The van der Waals surface area contributed by atoms with E-state index in [2.05, 4.69) is 11.8 Å². The Balaban J connectivity index is 1.51. The zero-order chi connectivity index (χ0) is 13.9. The van der Waals surface area contributed by atoms with Crippen molar-refractivity contribution in [3.8, 4) is 0 Å². The third kappa shape index (κ3) is 1.74. The first-order valence-corrected chi connectivity index (χ1v) is 8.82. The molecule has 0 aromatic heterocycles. The molecule has 4 nitrogen and oxygen atoms in total. The van der Waals surface area contributed by atoms with Gasteiger partial charge in [0.15, 0.2) is 0 Å². The van der Waals surface area contributed by atoms with Crippen molar-refractivity contribution in [2.75, 3.05) is 18.8 Å². The van der Waals surface area contributed by atoms with Gasteiger partial charge in [0.05, 0.1) is 4.87 Å². The third-order valence-electron chi connectivity index (χ3n) is 5.77. The van der Waals surface area contributed by atoms with Crippen LogP contribution in [0.25, 0.3) is 0 Å². The zero-order valence-electron chi connectivity index (χ0n) is 12.0. The number of likely N-dealkylation sites (tertiary alicyclic amines) is 1. The van der Waals surface area contributed by atoms with Gasteiger partial charge in [0.2, 0.25) is 11.8 Å². The fourth-order valence-electron chi connectivity index (χ4n) is 4.63. The number of hydrogen-bond donors (Lipinski definition) is 0. The Hall–Kier alpha value is -0.710. The number of rotatable bonds is 1. The van der Waals surface area contributed by atoms with E-state index in [0.717, 1.165) is 37.1 Å². The van der Waals surface area contributed by atoms with Crippen molar-refractivity contribution in [1.82, 2.24) is 9.80 Å². The lowest BCUT2D eigenvalue weighted by Gasteiger charge is -2.32. The van der Waals surface area contributed by atoms with E-state index in [-0.39, 0.29) is 22.7 Å². The van der Waals surface area contributed by atoms with Crippen LogP contribution in [0.15, 0.2) is 0 Å². The van der Waals surface area contributed by atoms with Crippen LogP contribution in [0.5, 0.6) is 0 Å². The molecule has 4 aliphatic rings. The molecule has 3 saturated heterocycles. The van der Waals surface area contributed by atoms with Crippen molar-refractivity contribution >= 4 is 23.6 Å². The number of hydrogen-bond acceptors (Lipinski definition) is 3. The van der Waals surface area contributed by atoms with E-state index >= 15 is 0 Å². The quantitative estimate of drug-likeness (QED) is 0.739. The summed E-state index contributed by atoms with van der Waals surface area (Å²) >= 11 is 1.79. The van der Waals surface area contributed by atoms with Crippen LogP contribution in [0.4, 0.5) is 0 Å². The van der Waals surface area contributed by atoms with Crippen LogP contribution in [-0.4, -0.2) is 51.4 Å². The van der Waals surface area contributed by atoms with Crippen LogP contribution in [0, 0.1) is 11.8 Å². The minimum Gasteiger partial charge on any atom is -0.340 e. The average molecular weight is 294 g/mol. The van der Waals surface area contributed by atoms with Crippen LogP contribution in [0.3, 0.4) is 0 Å². The molecule has 0 bridgehead atoms. The molecule has 110 valence electrons. The highest BCUT2D eigenvalue weighted by Gasteiger charge is 2.54. The smallest absolute Gasteiger partial charge is 0.246 e. The summed E-state index contributed by atoms with van der Waals surface area (Å²) in [5.41, 5.74) is 0. The lowest BCUT2D eigenvalue weighted by Crippen LogP contribution is -2.51. The molecule has 5 heteroatoms. The van der Waals surface area contributed by atoms with Crippen molar-refractivity contribution in [2.45, 2.75) is 49.9 Å². The average Bonchev–Trinajstić information content (AvgIpc) is 3.10. The molecular formula is C15H22N2O2S. The monoisotopic (exact) mass is 294 g/mol. The molecule has 20 heavy (non-hydrogen) atoms. The van der Waals surface area contributed by atoms with Gasteiger partial charge in [-0.15, -0.1) is 11.8 Å². The summed E-state index contributed by atoms with van der Waals surface area (Å²) in [4.78, 5) is 28.8. The summed E-state index contributed by atoms with van der Waals surface area (Å²) in [6.07, 6.45) is 5.41. The SMILES string of the molecule is CC12CCC(=O)N1C(C(=O)N1CC3CCCC3C1)CS2. The topological polar surface area (TPSA) is 40.6 Å². The van der Waals surface area contributed by atoms with Gasteiger partial charge in [0.25, 0.3) is 0 Å². The molecule has 4 atom stereocenters. The summed E-state index contributed by atoms with van der Waals surface area (Å²) in [5, 5.41) is 0. The fourth-order valence-corrected chi connectivity index (χ4v) is 6.05. The molecule has 3 heterocycles. The Morgan fingerprint density at radius 1 is 1.30 bits per heavy atom. The molecule has 2 amide bonds.